The Kier molecular flexibility index (Phi) is 5.47. The van der Waals surface area contributed by atoms with Gasteiger partial charge >= 0.3 is 0 Å². The van der Waals surface area contributed by atoms with Crippen LogP contribution in [0.2, 0.25) is 0 Å². The van der Waals surface area contributed by atoms with Gasteiger partial charge in [0.05, 0.1) is 0 Å². The van der Waals surface area contributed by atoms with Crippen molar-refractivity contribution < 1.29 is 0 Å². The van der Waals surface area contributed by atoms with Crippen molar-refractivity contribution in [2.75, 3.05) is 39.8 Å². The molecule has 0 radical (unpaired) electrons. The topological polar surface area (TPSA) is 6.48 Å². The molecule has 2 nitrogen and oxygen atoms in total. The predicted octanol–water partition coefficient (Wildman–Crippen LogP) is 3.84. The van der Waals surface area contributed by atoms with Gasteiger partial charge in [0.25, 0.3) is 0 Å². The summed E-state index contributed by atoms with van der Waals surface area (Å²) in [6.07, 6.45) is 2.42. The highest BCUT2D eigenvalue weighted by molar-refractivity contribution is 5.64. The quantitative estimate of drug-likeness (QED) is 0.828. The normalized spacial score (nSPS) is 16.6. The van der Waals surface area contributed by atoms with Gasteiger partial charge in [0.1, 0.15) is 0 Å². The number of hydrogen-bond acceptors (Lipinski definition) is 2. The molecule has 23 heavy (non-hydrogen) atoms. The maximum absolute atomic E-state index is 2.60. The Labute approximate surface area is 140 Å². The fraction of sp³-hybridized carbons (Fsp3) is 0.429. The highest BCUT2D eigenvalue weighted by Gasteiger charge is 2.12. The zero-order chi connectivity index (χ0) is 16.1. The molecule has 1 heterocycles. The monoisotopic (exact) mass is 308 g/mol. The molecular formula is C21H28N2. The average molecular weight is 308 g/mol. The zero-order valence-corrected chi connectivity index (χ0v) is 14.5. The summed E-state index contributed by atoms with van der Waals surface area (Å²) in [6.45, 7) is 8.23. The molecule has 0 atom stereocenters. The predicted molar refractivity (Wildman–Crippen MR) is 98.9 cm³/mol. The number of nitrogens with zero attached hydrogens (tertiary/aromatic N) is 2. The molecule has 0 bridgehead atoms. The number of aryl methyl sites for hydroxylation is 2. The summed E-state index contributed by atoms with van der Waals surface area (Å²) < 4.78 is 0. The van der Waals surface area contributed by atoms with E-state index in [9.17, 15) is 0 Å². The van der Waals surface area contributed by atoms with Crippen LogP contribution in [0.1, 0.15) is 17.5 Å². The molecule has 122 valence electrons. The molecule has 1 aliphatic heterocycles. The molecule has 0 unspecified atom stereocenters. The van der Waals surface area contributed by atoms with Gasteiger partial charge in [-0.3, -0.25) is 0 Å². The molecule has 1 saturated heterocycles. The smallest absolute Gasteiger partial charge is 0.0110 e. The Morgan fingerprint density at radius 1 is 0.870 bits per heavy atom. The van der Waals surface area contributed by atoms with Gasteiger partial charge in [-0.15, -0.1) is 0 Å². The highest BCUT2D eigenvalue weighted by atomic mass is 15.2. The van der Waals surface area contributed by atoms with E-state index in [-0.39, 0.29) is 0 Å². The molecule has 0 aromatic heterocycles. The second kappa shape index (κ2) is 7.76. The lowest BCUT2D eigenvalue weighted by molar-refractivity contribution is 0.153. The molecule has 1 aliphatic rings. The summed E-state index contributed by atoms with van der Waals surface area (Å²) >= 11 is 0. The summed E-state index contributed by atoms with van der Waals surface area (Å²) in [5.74, 6) is 0. The van der Waals surface area contributed by atoms with Crippen molar-refractivity contribution in [2.45, 2.75) is 19.8 Å². The van der Waals surface area contributed by atoms with E-state index >= 15 is 0 Å². The maximum Gasteiger partial charge on any atom is 0.0110 e. The van der Waals surface area contributed by atoms with Crippen LogP contribution >= 0.6 is 0 Å². The van der Waals surface area contributed by atoms with Crippen molar-refractivity contribution >= 4 is 0 Å². The SMILES string of the molecule is Cc1ccc(-c2cccc(CCCN3CCN(C)CC3)c2)cc1. The highest BCUT2D eigenvalue weighted by Crippen LogP contribution is 2.21. The van der Waals surface area contributed by atoms with Crippen LogP contribution < -0.4 is 0 Å². The minimum absolute atomic E-state index is 1.17. The van der Waals surface area contributed by atoms with Crippen molar-refractivity contribution in [1.29, 1.82) is 0 Å². The number of piperazine rings is 1. The molecular weight excluding hydrogens is 280 g/mol. The van der Waals surface area contributed by atoms with Crippen molar-refractivity contribution in [2.24, 2.45) is 0 Å². The van der Waals surface area contributed by atoms with Crippen LogP contribution in [0.3, 0.4) is 0 Å². The van der Waals surface area contributed by atoms with Crippen LogP contribution in [0.15, 0.2) is 48.5 Å². The lowest BCUT2D eigenvalue weighted by Gasteiger charge is -2.32. The first-order valence-electron chi connectivity index (χ1n) is 8.77. The number of likely N-dealkylation sites (N-methyl/N-ethyl adjacent to an activating group) is 1. The second-order valence-corrected chi connectivity index (χ2v) is 6.81. The van der Waals surface area contributed by atoms with Crippen LogP contribution in [0, 0.1) is 6.92 Å². The largest absolute Gasteiger partial charge is 0.304 e. The number of benzene rings is 2. The van der Waals surface area contributed by atoms with E-state index in [2.05, 4.69) is 72.3 Å². The van der Waals surface area contributed by atoms with Gasteiger partial charge in [0, 0.05) is 26.2 Å². The summed E-state index contributed by atoms with van der Waals surface area (Å²) in [5, 5.41) is 0. The third-order valence-electron chi connectivity index (χ3n) is 4.85. The molecule has 1 fully saturated rings. The van der Waals surface area contributed by atoms with Gasteiger partial charge in [0.2, 0.25) is 0 Å². The standard InChI is InChI=1S/C21H28N2/c1-18-8-10-20(11-9-18)21-7-3-5-19(17-21)6-4-12-23-15-13-22(2)14-16-23/h3,5,7-11,17H,4,6,12-16H2,1-2H3. The van der Waals surface area contributed by atoms with E-state index in [0.29, 0.717) is 0 Å². The Bertz CT molecular complexity index is 610. The minimum Gasteiger partial charge on any atom is -0.304 e. The minimum atomic E-state index is 1.17. The summed E-state index contributed by atoms with van der Waals surface area (Å²) in [6, 6.07) is 17.9. The van der Waals surface area contributed by atoms with Crippen molar-refractivity contribution in [3.63, 3.8) is 0 Å². The molecule has 2 aromatic rings. The summed E-state index contributed by atoms with van der Waals surface area (Å²) in [4.78, 5) is 5.02. The molecule has 0 N–H and O–H groups in total. The molecule has 0 amide bonds. The van der Waals surface area contributed by atoms with Crippen LogP contribution in [-0.4, -0.2) is 49.6 Å². The van der Waals surface area contributed by atoms with E-state index in [1.165, 1.54) is 67.8 Å². The maximum atomic E-state index is 2.60. The van der Waals surface area contributed by atoms with Crippen LogP contribution in [0.25, 0.3) is 11.1 Å². The number of hydrogen-bond donors (Lipinski definition) is 0. The molecule has 2 heteroatoms. The van der Waals surface area contributed by atoms with E-state index in [0.717, 1.165) is 0 Å². The van der Waals surface area contributed by atoms with E-state index in [4.69, 9.17) is 0 Å². The summed E-state index contributed by atoms with van der Waals surface area (Å²) in [5.41, 5.74) is 5.42. The first kappa shape index (κ1) is 16.2. The second-order valence-electron chi connectivity index (χ2n) is 6.81. The lowest BCUT2D eigenvalue weighted by Crippen LogP contribution is -2.44. The molecule has 0 saturated carbocycles. The molecule has 2 aromatic carbocycles. The van der Waals surface area contributed by atoms with Crippen LogP contribution in [0.5, 0.6) is 0 Å². The third-order valence-corrected chi connectivity index (χ3v) is 4.85. The van der Waals surface area contributed by atoms with E-state index < -0.39 is 0 Å². The molecule has 3 rings (SSSR count). The van der Waals surface area contributed by atoms with Crippen LogP contribution in [0.4, 0.5) is 0 Å². The van der Waals surface area contributed by atoms with Gasteiger partial charge in [-0.2, -0.15) is 0 Å². The van der Waals surface area contributed by atoms with Crippen molar-refractivity contribution in [3.05, 3.63) is 59.7 Å². The van der Waals surface area contributed by atoms with E-state index in [1.54, 1.807) is 0 Å². The third kappa shape index (κ3) is 4.66. The van der Waals surface area contributed by atoms with Crippen LogP contribution in [-0.2, 0) is 6.42 Å². The van der Waals surface area contributed by atoms with Gasteiger partial charge in [0.15, 0.2) is 0 Å². The van der Waals surface area contributed by atoms with Crippen molar-refractivity contribution in [3.8, 4) is 11.1 Å². The Hall–Kier alpha value is -1.64. The molecule has 0 spiro atoms. The Balaban J connectivity index is 1.54. The fourth-order valence-electron chi connectivity index (χ4n) is 3.23. The van der Waals surface area contributed by atoms with Gasteiger partial charge in [-0.1, -0.05) is 54.1 Å². The van der Waals surface area contributed by atoms with Crippen molar-refractivity contribution in [1.82, 2.24) is 9.80 Å². The summed E-state index contributed by atoms with van der Waals surface area (Å²) in [7, 11) is 2.22. The fourth-order valence-corrected chi connectivity index (χ4v) is 3.23. The number of rotatable bonds is 5. The Morgan fingerprint density at radius 2 is 1.61 bits per heavy atom. The van der Waals surface area contributed by atoms with E-state index in [1.807, 2.05) is 0 Å². The van der Waals surface area contributed by atoms with Gasteiger partial charge in [-0.05, 0) is 50.0 Å². The average Bonchev–Trinajstić information content (AvgIpc) is 2.58. The first-order valence-corrected chi connectivity index (χ1v) is 8.77. The van der Waals surface area contributed by atoms with Gasteiger partial charge < -0.3 is 9.80 Å². The Morgan fingerprint density at radius 3 is 2.35 bits per heavy atom. The first-order chi connectivity index (χ1) is 11.2. The zero-order valence-electron chi connectivity index (χ0n) is 14.5. The van der Waals surface area contributed by atoms with Gasteiger partial charge in [-0.25, -0.2) is 0 Å². The lowest BCUT2D eigenvalue weighted by atomic mass is 10.00. The molecule has 0 aliphatic carbocycles.